The number of aromatic nitrogens is 2. The Morgan fingerprint density at radius 2 is 2.16 bits per heavy atom. The molecule has 0 atom stereocenters. The lowest BCUT2D eigenvalue weighted by Gasteiger charge is -2.19. The monoisotopic (exact) mass is 258 g/mol. The van der Waals surface area contributed by atoms with E-state index >= 15 is 0 Å². The summed E-state index contributed by atoms with van der Waals surface area (Å²) in [5.74, 6) is 0.620. The van der Waals surface area contributed by atoms with E-state index in [1.54, 1.807) is 24.3 Å². The van der Waals surface area contributed by atoms with Gasteiger partial charge in [-0.1, -0.05) is 12.1 Å². The molecule has 0 saturated carbocycles. The largest absolute Gasteiger partial charge is 0.506 e. The SMILES string of the molecule is O=c1nc(Nc2ccccc2O)c2c([nH]1)CCNC2. The van der Waals surface area contributed by atoms with E-state index in [0.29, 0.717) is 18.1 Å². The van der Waals surface area contributed by atoms with E-state index in [2.05, 4.69) is 20.6 Å². The Bertz CT molecular complexity index is 666. The fourth-order valence-electron chi connectivity index (χ4n) is 2.19. The zero-order valence-electron chi connectivity index (χ0n) is 10.2. The van der Waals surface area contributed by atoms with Gasteiger partial charge in [0.25, 0.3) is 0 Å². The van der Waals surface area contributed by atoms with Crippen molar-refractivity contribution in [2.24, 2.45) is 0 Å². The first kappa shape index (κ1) is 11.7. The van der Waals surface area contributed by atoms with E-state index in [4.69, 9.17) is 0 Å². The van der Waals surface area contributed by atoms with Crippen molar-refractivity contribution < 1.29 is 5.11 Å². The average Bonchev–Trinajstić information content (AvgIpc) is 2.41. The van der Waals surface area contributed by atoms with Crippen molar-refractivity contribution in [3.63, 3.8) is 0 Å². The van der Waals surface area contributed by atoms with Crippen molar-refractivity contribution >= 4 is 11.5 Å². The topological polar surface area (TPSA) is 90.0 Å². The lowest BCUT2D eigenvalue weighted by atomic mass is 10.1. The summed E-state index contributed by atoms with van der Waals surface area (Å²) in [5, 5.41) is 16.0. The number of nitrogens with zero attached hydrogens (tertiary/aromatic N) is 1. The summed E-state index contributed by atoms with van der Waals surface area (Å²) in [6, 6.07) is 6.86. The second-order valence-electron chi connectivity index (χ2n) is 4.42. The first-order chi connectivity index (χ1) is 9.24. The molecule has 2 heterocycles. The van der Waals surface area contributed by atoms with Crippen LogP contribution in [0.2, 0.25) is 0 Å². The highest BCUT2D eigenvalue weighted by Crippen LogP contribution is 2.27. The highest BCUT2D eigenvalue weighted by molar-refractivity contribution is 5.65. The van der Waals surface area contributed by atoms with Gasteiger partial charge in [-0.2, -0.15) is 4.98 Å². The lowest BCUT2D eigenvalue weighted by molar-refractivity contribution is 0.477. The number of benzene rings is 1. The number of hydrogen-bond donors (Lipinski definition) is 4. The molecule has 19 heavy (non-hydrogen) atoms. The molecule has 0 bridgehead atoms. The third-order valence-corrected chi connectivity index (χ3v) is 3.13. The number of aromatic hydroxyl groups is 1. The zero-order valence-corrected chi connectivity index (χ0v) is 10.2. The quantitative estimate of drug-likeness (QED) is 0.600. The molecule has 0 radical (unpaired) electrons. The predicted octanol–water partition coefficient (Wildman–Crippen LogP) is 0.865. The van der Waals surface area contributed by atoms with Crippen LogP contribution in [0.25, 0.3) is 0 Å². The Labute approximate surface area is 109 Å². The van der Waals surface area contributed by atoms with Gasteiger partial charge in [0.05, 0.1) is 5.69 Å². The average molecular weight is 258 g/mol. The van der Waals surface area contributed by atoms with Gasteiger partial charge in [0.15, 0.2) is 0 Å². The van der Waals surface area contributed by atoms with Crippen LogP contribution in [0.3, 0.4) is 0 Å². The van der Waals surface area contributed by atoms with Gasteiger partial charge in [-0.15, -0.1) is 0 Å². The summed E-state index contributed by atoms with van der Waals surface area (Å²) in [4.78, 5) is 18.3. The normalized spacial score (nSPS) is 13.9. The van der Waals surface area contributed by atoms with Crippen molar-refractivity contribution in [2.75, 3.05) is 11.9 Å². The molecule has 0 aliphatic carbocycles. The molecule has 6 heteroatoms. The van der Waals surface area contributed by atoms with Crippen LogP contribution in [-0.2, 0) is 13.0 Å². The van der Waals surface area contributed by atoms with Crippen molar-refractivity contribution in [1.82, 2.24) is 15.3 Å². The molecule has 0 spiro atoms. The molecule has 0 fully saturated rings. The molecular formula is C13H14N4O2. The highest BCUT2D eigenvalue weighted by atomic mass is 16.3. The van der Waals surface area contributed by atoms with E-state index in [-0.39, 0.29) is 11.4 Å². The number of anilines is 2. The Hall–Kier alpha value is -2.34. The Kier molecular flexibility index (Phi) is 2.92. The second kappa shape index (κ2) is 4.74. The number of hydrogen-bond acceptors (Lipinski definition) is 5. The predicted molar refractivity (Wildman–Crippen MR) is 71.7 cm³/mol. The molecule has 6 nitrogen and oxygen atoms in total. The fourth-order valence-corrected chi connectivity index (χ4v) is 2.19. The number of phenols is 1. The number of nitrogens with one attached hydrogen (secondary N) is 3. The third-order valence-electron chi connectivity index (χ3n) is 3.13. The maximum atomic E-state index is 11.5. The fraction of sp³-hybridized carbons (Fsp3) is 0.231. The molecule has 4 N–H and O–H groups in total. The van der Waals surface area contributed by atoms with E-state index in [1.807, 2.05) is 0 Å². The van der Waals surface area contributed by atoms with Crippen LogP contribution in [0.1, 0.15) is 11.3 Å². The minimum atomic E-state index is -0.376. The van der Waals surface area contributed by atoms with Gasteiger partial charge in [-0.3, -0.25) is 0 Å². The van der Waals surface area contributed by atoms with E-state index < -0.39 is 0 Å². The van der Waals surface area contributed by atoms with Crippen LogP contribution >= 0.6 is 0 Å². The van der Waals surface area contributed by atoms with Gasteiger partial charge >= 0.3 is 5.69 Å². The van der Waals surface area contributed by atoms with Crippen molar-refractivity contribution in [2.45, 2.75) is 13.0 Å². The summed E-state index contributed by atoms with van der Waals surface area (Å²) in [6.45, 7) is 1.48. The molecule has 98 valence electrons. The van der Waals surface area contributed by atoms with Gasteiger partial charge in [0, 0.05) is 30.8 Å². The number of para-hydroxylation sites is 2. The second-order valence-corrected chi connectivity index (χ2v) is 4.42. The number of phenolic OH excluding ortho intramolecular Hbond substituents is 1. The van der Waals surface area contributed by atoms with E-state index in [9.17, 15) is 9.90 Å². The van der Waals surface area contributed by atoms with E-state index in [1.165, 1.54) is 0 Å². The van der Waals surface area contributed by atoms with E-state index in [0.717, 1.165) is 24.2 Å². The van der Waals surface area contributed by atoms with Gasteiger partial charge < -0.3 is 20.7 Å². The minimum absolute atomic E-state index is 0.127. The molecule has 0 amide bonds. The van der Waals surface area contributed by atoms with Gasteiger partial charge in [-0.25, -0.2) is 4.79 Å². The number of H-pyrrole nitrogens is 1. The van der Waals surface area contributed by atoms with Crippen LogP contribution < -0.4 is 16.3 Å². The summed E-state index contributed by atoms with van der Waals surface area (Å²) in [7, 11) is 0. The highest BCUT2D eigenvalue weighted by Gasteiger charge is 2.16. The number of aromatic amines is 1. The zero-order chi connectivity index (χ0) is 13.2. The molecule has 1 aliphatic heterocycles. The standard InChI is InChI=1S/C13H14N4O2/c18-11-4-2-1-3-10(11)15-12-8-7-14-6-5-9(8)16-13(19)17-12/h1-4,14,18H,5-7H2,(H2,15,16,17,19). The summed E-state index contributed by atoms with van der Waals surface area (Å²) in [6.07, 6.45) is 0.766. The Balaban J connectivity index is 2.03. The van der Waals surface area contributed by atoms with Crippen LogP contribution in [0, 0.1) is 0 Å². The third kappa shape index (κ3) is 2.30. The van der Waals surface area contributed by atoms with Crippen LogP contribution in [0.15, 0.2) is 29.1 Å². The summed E-state index contributed by atoms with van der Waals surface area (Å²) >= 11 is 0. The maximum absolute atomic E-state index is 11.5. The molecule has 0 saturated heterocycles. The molecule has 0 unspecified atom stereocenters. The van der Waals surface area contributed by atoms with Crippen LogP contribution in [0.5, 0.6) is 5.75 Å². The molecule has 1 aromatic carbocycles. The smallest absolute Gasteiger partial charge is 0.347 e. The summed E-state index contributed by atoms with van der Waals surface area (Å²) in [5.41, 5.74) is 2.00. The van der Waals surface area contributed by atoms with Gasteiger partial charge in [-0.05, 0) is 12.1 Å². The summed E-state index contributed by atoms with van der Waals surface area (Å²) < 4.78 is 0. The molecule has 1 aliphatic rings. The first-order valence-electron chi connectivity index (χ1n) is 6.12. The van der Waals surface area contributed by atoms with Crippen molar-refractivity contribution in [3.05, 3.63) is 46.0 Å². The molecule has 2 aromatic rings. The number of fused-ring (bicyclic) bond motifs is 1. The molecular weight excluding hydrogens is 244 g/mol. The van der Waals surface area contributed by atoms with Gasteiger partial charge in [0.2, 0.25) is 0 Å². The molecule has 1 aromatic heterocycles. The molecule has 3 rings (SSSR count). The minimum Gasteiger partial charge on any atom is -0.506 e. The lowest BCUT2D eigenvalue weighted by Crippen LogP contribution is -2.29. The Morgan fingerprint density at radius 1 is 1.32 bits per heavy atom. The first-order valence-corrected chi connectivity index (χ1v) is 6.12. The maximum Gasteiger partial charge on any atom is 0.347 e. The van der Waals surface area contributed by atoms with Crippen LogP contribution in [0.4, 0.5) is 11.5 Å². The van der Waals surface area contributed by atoms with Gasteiger partial charge in [0.1, 0.15) is 11.6 Å². The van der Waals surface area contributed by atoms with Crippen molar-refractivity contribution in [1.29, 1.82) is 0 Å². The van der Waals surface area contributed by atoms with Crippen LogP contribution in [-0.4, -0.2) is 21.6 Å². The number of rotatable bonds is 2. The Morgan fingerprint density at radius 3 is 3.00 bits per heavy atom. The van der Waals surface area contributed by atoms with Crippen molar-refractivity contribution in [3.8, 4) is 5.75 Å².